The van der Waals surface area contributed by atoms with E-state index in [1.165, 1.54) is 12.0 Å². The highest BCUT2D eigenvalue weighted by molar-refractivity contribution is 6.36. The maximum Gasteiger partial charge on any atom is 0.160 e. The van der Waals surface area contributed by atoms with Gasteiger partial charge in [-0.1, -0.05) is 48.0 Å². The van der Waals surface area contributed by atoms with Crippen molar-refractivity contribution in [3.8, 4) is 5.69 Å². The third kappa shape index (κ3) is 3.54. The van der Waals surface area contributed by atoms with E-state index in [4.69, 9.17) is 16.7 Å². The topological polar surface area (TPSA) is 49.2 Å². The van der Waals surface area contributed by atoms with E-state index in [0.29, 0.717) is 12.1 Å². The van der Waals surface area contributed by atoms with Gasteiger partial charge in [-0.15, -0.1) is 5.10 Å². The molecular weight excluding hydrogens is 432 g/mol. The smallest absolute Gasteiger partial charge is 0.160 e. The van der Waals surface area contributed by atoms with Gasteiger partial charge in [-0.3, -0.25) is 4.90 Å². The molecule has 0 aliphatic carbocycles. The maximum absolute atomic E-state index is 6.73. The molecule has 4 aromatic rings. The molecule has 168 valence electrons. The highest BCUT2D eigenvalue weighted by Crippen LogP contribution is 2.40. The van der Waals surface area contributed by atoms with Crippen LogP contribution >= 0.6 is 11.6 Å². The van der Waals surface area contributed by atoms with Gasteiger partial charge in [-0.2, -0.15) is 0 Å². The number of anilines is 2. The van der Waals surface area contributed by atoms with Crippen molar-refractivity contribution >= 4 is 34.1 Å². The van der Waals surface area contributed by atoms with Crippen LogP contribution in [0.1, 0.15) is 24.9 Å². The minimum Gasteiger partial charge on any atom is -0.363 e. The van der Waals surface area contributed by atoms with Gasteiger partial charge in [0, 0.05) is 43.5 Å². The van der Waals surface area contributed by atoms with Crippen LogP contribution in [0.2, 0.25) is 5.02 Å². The summed E-state index contributed by atoms with van der Waals surface area (Å²) >= 11 is 6.73. The summed E-state index contributed by atoms with van der Waals surface area (Å²) in [6.45, 7) is 4.21. The van der Waals surface area contributed by atoms with E-state index < -0.39 is 0 Å². The minimum absolute atomic E-state index is 0.144. The molecule has 7 heteroatoms. The molecule has 0 spiro atoms. The highest BCUT2D eigenvalue weighted by Gasteiger charge is 2.43. The van der Waals surface area contributed by atoms with Crippen molar-refractivity contribution in [2.45, 2.75) is 31.5 Å². The lowest BCUT2D eigenvalue weighted by Gasteiger charge is -2.32. The summed E-state index contributed by atoms with van der Waals surface area (Å²) in [4.78, 5) is 9.46. The zero-order chi connectivity index (χ0) is 22.5. The molecule has 0 radical (unpaired) electrons. The summed E-state index contributed by atoms with van der Waals surface area (Å²) < 4.78 is 2.01. The summed E-state index contributed by atoms with van der Waals surface area (Å²) in [6.07, 6.45) is 3.02. The highest BCUT2D eigenvalue weighted by atomic mass is 35.5. The Morgan fingerprint density at radius 3 is 2.64 bits per heavy atom. The lowest BCUT2D eigenvalue weighted by atomic mass is 10.1. The van der Waals surface area contributed by atoms with E-state index in [2.05, 4.69) is 70.5 Å². The standard InChI is InChI=1S/C26H27ClN6/c1-17(18-7-4-3-5-8-18)29-24-14-19(11-12-28-24)33-23-10-6-9-22(27)25(23)26(30-33)32-16-20-13-21(32)15-31(20)2/h3-12,14,17,20-21H,13,15-16H2,1-2H3,(H,28,29)/t17-,20?,21?/m0/s1. The third-order valence-electron chi connectivity index (χ3n) is 7.08. The Morgan fingerprint density at radius 1 is 1.03 bits per heavy atom. The first-order chi connectivity index (χ1) is 16.1. The number of rotatable bonds is 5. The number of aromatic nitrogens is 3. The van der Waals surface area contributed by atoms with Gasteiger partial charge >= 0.3 is 0 Å². The molecule has 1 N–H and O–H groups in total. The second kappa shape index (κ2) is 8.04. The number of likely N-dealkylation sites (N-methyl/N-ethyl adjacent to an activating group) is 1. The van der Waals surface area contributed by atoms with Gasteiger partial charge < -0.3 is 10.2 Å². The van der Waals surface area contributed by atoms with Gasteiger partial charge in [0.15, 0.2) is 5.82 Å². The quantitative estimate of drug-likeness (QED) is 0.448. The van der Waals surface area contributed by atoms with Crippen molar-refractivity contribution in [3.63, 3.8) is 0 Å². The number of nitrogens with zero attached hydrogens (tertiary/aromatic N) is 5. The first-order valence-electron chi connectivity index (χ1n) is 11.5. The van der Waals surface area contributed by atoms with Crippen molar-refractivity contribution in [2.24, 2.45) is 0 Å². The SMILES string of the molecule is C[C@H](Nc1cc(-n2nc(N3CC4CC3CN4C)c3c(Cl)cccc32)ccn1)c1ccccc1. The van der Waals surface area contributed by atoms with Gasteiger partial charge in [-0.25, -0.2) is 9.67 Å². The molecule has 3 atom stereocenters. The van der Waals surface area contributed by atoms with Crippen LogP contribution in [0.25, 0.3) is 16.6 Å². The summed E-state index contributed by atoms with van der Waals surface area (Å²) in [5, 5.41) is 10.4. The Kier molecular flexibility index (Phi) is 5.00. The molecule has 2 fully saturated rings. The molecule has 2 aromatic heterocycles. The largest absolute Gasteiger partial charge is 0.363 e. The second-order valence-corrected chi connectivity index (χ2v) is 9.59. The van der Waals surface area contributed by atoms with Crippen molar-refractivity contribution in [3.05, 3.63) is 77.4 Å². The summed E-state index contributed by atoms with van der Waals surface area (Å²) in [6, 6.07) is 21.7. The number of benzene rings is 2. The maximum atomic E-state index is 6.73. The van der Waals surface area contributed by atoms with Crippen molar-refractivity contribution in [1.29, 1.82) is 0 Å². The molecule has 2 aromatic carbocycles. The number of hydrogen-bond acceptors (Lipinski definition) is 5. The zero-order valence-corrected chi connectivity index (χ0v) is 19.6. The molecule has 6 rings (SSSR count). The van der Waals surface area contributed by atoms with Gasteiger partial charge in [0.1, 0.15) is 5.82 Å². The van der Waals surface area contributed by atoms with Gasteiger partial charge in [0.05, 0.1) is 21.6 Å². The van der Waals surface area contributed by atoms with Gasteiger partial charge in [0.25, 0.3) is 0 Å². The normalized spacial score (nSPS) is 21.1. The molecule has 33 heavy (non-hydrogen) atoms. The van der Waals surface area contributed by atoms with E-state index in [-0.39, 0.29) is 6.04 Å². The molecule has 0 amide bonds. The van der Waals surface area contributed by atoms with E-state index in [1.54, 1.807) is 0 Å². The molecule has 2 bridgehead atoms. The number of likely N-dealkylation sites (tertiary alicyclic amines) is 1. The fourth-order valence-electron chi connectivity index (χ4n) is 5.31. The summed E-state index contributed by atoms with van der Waals surface area (Å²) in [7, 11) is 2.22. The molecule has 2 unspecified atom stereocenters. The fraction of sp³-hybridized carbons (Fsp3) is 0.308. The number of pyridine rings is 1. The van der Waals surface area contributed by atoms with Gasteiger partial charge in [-0.05, 0) is 44.2 Å². The molecule has 2 aliphatic rings. The fourth-order valence-corrected chi connectivity index (χ4v) is 5.56. The minimum atomic E-state index is 0.144. The predicted molar refractivity (Wildman–Crippen MR) is 135 cm³/mol. The Morgan fingerprint density at radius 2 is 1.88 bits per heavy atom. The van der Waals surface area contributed by atoms with Crippen LogP contribution in [-0.4, -0.2) is 51.9 Å². The number of nitrogens with one attached hydrogen (secondary N) is 1. The van der Waals surface area contributed by atoms with Crippen LogP contribution in [0.3, 0.4) is 0 Å². The molecular formula is C26H27ClN6. The average Bonchev–Trinajstić information content (AvgIpc) is 3.52. The summed E-state index contributed by atoms with van der Waals surface area (Å²) in [5.41, 5.74) is 3.20. The monoisotopic (exact) mass is 458 g/mol. The van der Waals surface area contributed by atoms with Crippen molar-refractivity contribution < 1.29 is 0 Å². The van der Waals surface area contributed by atoms with Crippen LogP contribution in [0.4, 0.5) is 11.6 Å². The van der Waals surface area contributed by atoms with Crippen molar-refractivity contribution in [1.82, 2.24) is 19.7 Å². The second-order valence-electron chi connectivity index (χ2n) is 9.18. The van der Waals surface area contributed by atoms with Crippen LogP contribution in [0, 0.1) is 0 Å². The number of piperazine rings is 1. The Hall–Kier alpha value is -3.09. The third-order valence-corrected chi connectivity index (χ3v) is 7.39. The molecule has 0 saturated carbocycles. The lowest BCUT2D eigenvalue weighted by Crippen LogP contribution is -2.44. The first-order valence-corrected chi connectivity index (χ1v) is 11.9. The number of halogens is 1. The summed E-state index contributed by atoms with van der Waals surface area (Å²) in [5.74, 6) is 1.80. The van der Waals surface area contributed by atoms with Crippen LogP contribution < -0.4 is 10.2 Å². The first kappa shape index (κ1) is 20.5. The lowest BCUT2D eigenvalue weighted by molar-refractivity contribution is 0.292. The van der Waals surface area contributed by atoms with Crippen molar-refractivity contribution in [2.75, 3.05) is 30.4 Å². The number of fused-ring (bicyclic) bond motifs is 3. The zero-order valence-electron chi connectivity index (χ0n) is 18.8. The Bertz CT molecular complexity index is 1300. The van der Waals surface area contributed by atoms with E-state index in [9.17, 15) is 0 Å². The average molecular weight is 459 g/mol. The van der Waals surface area contributed by atoms with E-state index >= 15 is 0 Å². The van der Waals surface area contributed by atoms with Crippen LogP contribution in [0.15, 0.2) is 66.9 Å². The van der Waals surface area contributed by atoms with E-state index in [0.717, 1.165) is 46.3 Å². The molecule has 2 aliphatic heterocycles. The van der Waals surface area contributed by atoms with Crippen LogP contribution in [-0.2, 0) is 0 Å². The molecule has 4 heterocycles. The van der Waals surface area contributed by atoms with Gasteiger partial charge in [0.2, 0.25) is 0 Å². The molecule has 6 nitrogen and oxygen atoms in total. The van der Waals surface area contributed by atoms with Crippen LogP contribution in [0.5, 0.6) is 0 Å². The Labute approximate surface area is 198 Å². The predicted octanol–water partition coefficient (Wildman–Crippen LogP) is 5.14. The number of hydrogen-bond donors (Lipinski definition) is 1. The molecule has 2 saturated heterocycles. The Balaban J connectivity index is 1.38. The van der Waals surface area contributed by atoms with E-state index in [1.807, 2.05) is 35.1 Å².